The summed E-state index contributed by atoms with van der Waals surface area (Å²) in [5.74, 6) is 0.0695. The number of benzene rings is 2. The zero-order chi connectivity index (χ0) is 23.4. The second-order valence-corrected chi connectivity index (χ2v) is 8.37. The first-order valence-corrected chi connectivity index (χ1v) is 11.3. The highest BCUT2D eigenvalue weighted by molar-refractivity contribution is 6.07. The third kappa shape index (κ3) is 4.86. The predicted octanol–water partition coefficient (Wildman–Crippen LogP) is 3.62. The fourth-order valence-electron chi connectivity index (χ4n) is 4.40. The highest BCUT2D eigenvalue weighted by Gasteiger charge is 2.45. The van der Waals surface area contributed by atoms with Crippen molar-refractivity contribution in [3.05, 3.63) is 65.5 Å². The highest BCUT2D eigenvalue weighted by Crippen LogP contribution is 2.42. The molecule has 176 valence electrons. The normalized spacial score (nSPS) is 19.1. The Balaban J connectivity index is 1.59. The number of halogens is 1. The lowest BCUT2D eigenvalue weighted by Gasteiger charge is -2.32. The van der Waals surface area contributed by atoms with Crippen LogP contribution in [0.15, 0.2) is 53.6 Å². The Kier molecular flexibility index (Phi) is 7.25. The van der Waals surface area contributed by atoms with Gasteiger partial charge in [-0.2, -0.15) is 5.10 Å². The van der Waals surface area contributed by atoms with Gasteiger partial charge in [0.2, 0.25) is 0 Å². The van der Waals surface area contributed by atoms with Gasteiger partial charge in [-0.1, -0.05) is 37.3 Å². The summed E-state index contributed by atoms with van der Waals surface area (Å²) in [6.45, 7) is 6.12. The van der Waals surface area contributed by atoms with Gasteiger partial charge in [-0.3, -0.25) is 4.90 Å². The Labute approximate surface area is 194 Å². The molecule has 0 saturated carbocycles. The molecule has 0 radical (unpaired) electrons. The number of nitrogens with zero attached hydrogens (tertiary/aromatic N) is 4. The predicted molar refractivity (Wildman–Crippen MR) is 125 cm³/mol. The van der Waals surface area contributed by atoms with Crippen LogP contribution < -0.4 is 4.74 Å². The van der Waals surface area contributed by atoms with Gasteiger partial charge >= 0.3 is 6.03 Å². The summed E-state index contributed by atoms with van der Waals surface area (Å²) in [5, 5.41) is 6.29. The maximum absolute atomic E-state index is 14.0. The molecule has 4 rings (SSSR count). The number of hydrazone groups is 1. The summed E-state index contributed by atoms with van der Waals surface area (Å²) in [6, 6.07) is 13.8. The fourth-order valence-corrected chi connectivity index (χ4v) is 4.40. The maximum atomic E-state index is 14.0. The molecule has 2 atom stereocenters. The molecule has 2 heterocycles. The van der Waals surface area contributed by atoms with Crippen LogP contribution in [0.2, 0.25) is 0 Å². The molecule has 7 nitrogen and oxygen atoms in total. The van der Waals surface area contributed by atoms with Crippen molar-refractivity contribution < 1.29 is 18.7 Å². The quantitative estimate of drug-likeness (QED) is 0.612. The molecule has 8 heteroatoms. The lowest BCUT2D eigenvalue weighted by molar-refractivity contribution is 0.121. The van der Waals surface area contributed by atoms with Gasteiger partial charge in [0.15, 0.2) is 0 Å². The van der Waals surface area contributed by atoms with E-state index in [0.717, 1.165) is 25.2 Å². The summed E-state index contributed by atoms with van der Waals surface area (Å²) in [4.78, 5) is 17.5. The standard InChI is InChI=1S/C25H31FN4O3/c1-4-29(14-15-32-3)13-12-28(2)25(31)30-24(18-8-6-5-7-9-18)21-17-33-22-11-10-19(26)16-20(22)23(21)27-30/h5-11,16,21,24H,4,12-15,17H2,1-3H3. The first-order valence-electron chi connectivity index (χ1n) is 11.3. The molecule has 0 bridgehead atoms. The molecule has 2 aromatic rings. The SMILES string of the molecule is CCN(CCOC)CCN(C)C(=O)N1N=C2c3cc(F)ccc3OCC2C1c1ccccc1. The first-order chi connectivity index (χ1) is 16.0. The number of hydrogen-bond acceptors (Lipinski definition) is 5. The van der Waals surface area contributed by atoms with Gasteiger partial charge in [0.05, 0.1) is 30.9 Å². The molecule has 2 aliphatic rings. The van der Waals surface area contributed by atoms with Crippen molar-refractivity contribution in [2.45, 2.75) is 13.0 Å². The number of amides is 2. The molecule has 0 saturated heterocycles. The second kappa shape index (κ2) is 10.3. The van der Waals surface area contributed by atoms with Crippen molar-refractivity contribution in [3.63, 3.8) is 0 Å². The molecule has 0 fully saturated rings. The molecule has 0 N–H and O–H groups in total. The molecule has 0 aromatic heterocycles. The van der Waals surface area contributed by atoms with Crippen LogP contribution in [0.4, 0.5) is 9.18 Å². The number of hydrogen-bond donors (Lipinski definition) is 0. The van der Waals surface area contributed by atoms with E-state index in [9.17, 15) is 9.18 Å². The minimum atomic E-state index is -0.352. The molecule has 2 amide bonds. The highest BCUT2D eigenvalue weighted by atomic mass is 19.1. The molecule has 0 aliphatic carbocycles. The van der Waals surface area contributed by atoms with Crippen molar-refractivity contribution in [1.29, 1.82) is 0 Å². The Morgan fingerprint density at radius 2 is 2.00 bits per heavy atom. The summed E-state index contributed by atoms with van der Waals surface area (Å²) >= 11 is 0. The van der Waals surface area contributed by atoms with Gasteiger partial charge in [-0.15, -0.1) is 0 Å². The number of likely N-dealkylation sites (N-methyl/N-ethyl adjacent to an activating group) is 2. The number of methoxy groups -OCH3 is 1. The number of rotatable bonds is 8. The Hall–Kier alpha value is -2.97. The van der Waals surface area contributed by atoms with Gasteiger partial charge in [-0.05, 0) is 30.3 Å². The minimum Gasteiger partial charge on any atom is -0.492 e. The monoisotopic (exact) mass is 454 g/mol. The van der Waals surface area contributed by atoms with Crippen LogP contribution in [0.1, 0.15) is 24.1 Å². The molecule has 2 aliphatic heterocycles. The average Bonchev–Trinajstić information content (AvgIpc) is 3.24. The van der Waals surface area contributed by atoms with Gasteiger partial charge in [0.25, 0.3) is 0 Å². The van der Waals surface area contributed by atoms with E-state index < -0.39 is 0 Å². The van der Waals surface area contributed by atoms with Crippen LogP contribution in [-0.2, 0) is 4.74 Å². The smallest absolute Gasteiger partial charge is 0.340 e. The van der Waals surface area contributed by atoms with Crippen LogP contribution in [-0.4, -0.2) is 80.1 Å². The van der Waals surface area contributed by atoms with Crippen LogP contribution >= 0.6 is 0 Å². The van der Waals surface area contributed by atoms with Gasteiger partial charge in [-0.25, -0.2) is 14.2 Å². The molecule has 0 spiro atoms. The van der Waals surface area contributed by atoms with E-state index in [2.05, 4.69) is 11.8 Å². The number of urea groups is 1. The molecular weight excluding hydrogens is 423 g/mol. The third-order valence-corrected chi connectivity index (χ3v) is 6.32. The summed E-state index contributed by atoms with van der Waals surface area (Å²) in [5.41, 5.74) is 2.28. The lowest BCUT2D eigenvalue weighted by atomic mass is 9.86. The van der Waals surface area contributed by atoms with Crippen LogP contribution in [0.25, 0.3) is 0 Å². The first kappa shape index (κ1) is 23.2. The number of fused-ring (bicyclic) bond motifs is 3. The molecule has 2 aromatic carbocycles. The van der Waals surface area contributed by atoms with Crippen LogP contribution in [0.3, 0.4) is 0 Å². The topological polar surface area (TPSA) is 57.6 Å². The van der Waals surface area contributed by atoms with Gasteiger partial charge in [0, 0.05) is 39.4 Å². The maximum Gasteiger partial charge on any atom is 0.340 e. The lowest BCUT2D eigenvalue weighted by Crippen LogP contribution is -2.44. The summed E-state index contributed by atoms with van der Waals surface area (Å²) in [6.07, 6.45) is 0. The molecule has 33 heavy (non-hydrogen) atoms. The zero-order valence-corrected chi connectivity index (χ0v) is 19.4. The van der Waals surface area contributed by atoms with Crippen molar-refractivity contribution in [3.8, 4) is 5.75 Å². The summed E-state index contributed by atoms with van der Waals surface area (Å²) in [7, 11) is 3.48. The number of carbonyl (C=O) groups is 1. The minimum absolute atomic E-state index is 0.173. The van der Waals surface area contributed by atoms with E-state index >= 15 is 0 Å². The zero-order valence-electron chi connectivity index (χ0n) is 19.4. The van der Waals surface area contributed by atoms with Crippen molar-refractivity contribution in [2.75, 3.05) is 53.6 Å². The number of ether oxygens (including phenoxy) is 2. The van der Waals surface area contributed by atoms with E-state index in [1.165, 1.54) is 12.1 Å². The number of carbonyl (C=O) groups excluding carboxylic acids is 1. The Morgan fingerprint density at radius 3 is 2.73 bits per heavy atom. The van der Waals surface area contributed by atoms with E-state index in [-0.39, 0.29) is 23.8 Å². The van der Waals surface area contributed by atoms with Crippen molar-refractivity contribution in [1.82, 2.24) is 14.8 Å². The Bertz CT molecular complexity index is 1000. The molecule has 2 unspecified atom stereocenters. The van der Waals surface area contributed by atoms with E-state index in [4.69, 9.17) is 14.6 Å². The van der Waals surface area contributed by atoms with Crippen LogP contribution in [0.5, 0.6) is 5.75 Å². The molecular formula is C25H31FN4O3. The Morgan fingerprint density at radius 1 is 1.21 bits per heavy atom. The fraction of sp³-hybridized carbons (Fsp3) is 0.440. The van der Waals surface area contributed by atoms with Crippen molar-refractivity contribution in [2.24, 2.45) is 11.0 Å². The second-order valence-electron chi connectivity index (χ2n) is 8.37. The summed E-state index contributed by atoms with van der Waals surface area (Å²) < 4.78 is 25.2. The van der Waals surface area contributed by atoms with Crippen LogP contribution in [0, 0.1) is 11.7 Å². The van der Waals surface area contributed by atoms with Crippen molar-refractivity contribution >= 4 is 11.7 Å². The van der Waals surface area contributed by atoms with Gasteiger partial charge in [0.1, 0.15) is 11.6 Å². The average molecular weight is 455 g/mol. The van der Waals surface area contributed by atoms with E-state index in [1.54, 1.807) is 30.1 Å². The third-order valence-electron chi connectivity index (χ3n) is 6.32. The largest absolute Gasteiger partial charge is 0.492 e. The van der Waals surface area contributed by atoms with E-state index in [0.29, 0.717) is 36.8 Å². The van der Waals surface area contributed by atoms with E-state index in [1.807, 2.05) is 30.3 Å². The van der Waals surface area contributed by atoms with Gasteiger partial charge < -0.3 is 14.4 Å².